The Balaban J connectivity index is 2.37. The zero-order valence-electron chi connectivity index (χ0n) is 14.2. The van der Waals surface area contributed by atoms with Crippen LogP contribution in [0.2, 0.25) is 0 Å². The molecule has 9 heteroatoms. The van der Waals surface area contributed by atoms with Gasteiger partial charge in [0.1, 0.15) is 11.7 Å². The highest BCUT2D eigenvalue weighted by Crippen LogP contribution is 2.39. The topological polar surface area (TPSA) is 90.0 Å². The Morgan fingerprint density at radius 2 is 1.67 bits per heavy atom. The second kappa shape index (κ2) is 6.72. The highest BCUT2D eigenvalue weighted by atomic mass is 32.2. The van der Waals surface area contributed by atoms with Gasteiger partial charge in [0.05, 0.1) is 12.5 Å². The molecule has 0 N–H and O–H groups in total. The fraction of sp³-hybridized carbons (Fsp3) is 0.600. The highest BCUT2D eigenvalue weighted by molar-refractivity contribution is 7.86. The number of benzene rings is 1. The third-order valence-electron chi connectivity index (χ3n) is 4.03. The molecule has 0 aliphatic carbocycles. The molecule has 3 unspecified atom stereocenters. The summed E-state index contributed by atoms with van der Waals surface area (Å²) in [6.07, 6.45) is 1.27. The number of likely N-dealkylation sites (N-methyl/N-ethyl adjacent to an activating group) is 1. The number of likely N-dealkylation sites (tertiary alicyclic amines) is 1. The molecule has 0 amide bonds. The number of nitrogens with zero attached hydrogens (tertiary/aromatic N) is 1. The first-order valence-corrected chi connectivity index (χ1v) is 11.1. The second-order valence-corrected chi connectivity index (χ2v) is 9.64. The van der Waals surface area contributed by atoms with Crippen LogP contribution in [0.15, 0.2) is 30.3 Å². The van der Waals surface area contributed by atoms with Gasteiger partial charge in [-0.25, -0.2) is 0 Å². The van der Waals surface area contributed by atoms with Crippen LogP contribution >= 0.6 is 0 Å². The molecule has 0 radical (unpaired) electrons. The summed E-state index contributed by atoms with van der Waals surface area (Å²) in [6.45, 7) is 1.77. The largest absolute Gasteiger partial charge is 0.296 e. The van der Waals surface area contributed by atoms with E-state index in [2.05, 4.69) is 0 Å². The lowest BCUT2D eigenvalue weighted by Gasteiger charge is -2.47. The Hall–Kier alpha value is -1.00. The Kier molecular flexibility index (Phi) is 5.41. The van der Waals surface area contributed by atoms with Gasteiger partial charge in [-0.05, 0) is 26.0 Å². The van der Waals surface area contributed by atoms with Gasteiger partial charge in [0.25, 0.3) is 20.2 Å². The van der Waals surface area contributed by atoms with Gasteiger partial charge >= 0.3 is 0 Å². The zero-order chi connectivity index (χ0) is 18.2. The average Bonchev–Trinajstić information content (AvgIpc) is 2.39. The van der Waals surface area contributed by atoms with Crippen molar-refractivity contribution < 1.29 is 25.2 Å². The first-order valence-electron chi connectivity index (χ1n) is 7.44. The summed E-state index contributed by atoms with van der Waals surface area (Å²) >= 11 is 0. The van der Waals surface area contributed by atoms with Crippen LogP contribution in [0.25, 0.3) is 0 Å². The van der Waals surface area contributed by atoms with Crippen molar-refractivity contribution in [3.8, 4) is 0 Å². The first-order chi connectivity index (χ1) is 10.9. The molecule has 1 aromatic rings. The fourth-order valence-electron chi connectivity index (χ4n) is 3.18. The maximum absolute atomic E-state index is 11.6. The van der Waals surface area contributed by atoms with Crippen molar-refractivity contribution in [2.75, 3.05) is 26.1 Å². The molecule has 0 spiro atoms. The molecule has 0 bridgehead atoms. The van der Waals surface area contributed by atoms with E-state index in [1.807, 2.05) is 42.3 Å². The van der Waals surface area contributed by atoms with Crippen molar-refractivity contribution in [2.24, 2.45) is 0 Å². The minimum Gasteiger partial charge on any atom is -0.296 e. The minimum atomic E-state index is -3.78. The summed E-state index contributed by atoms with van der Waals surface area (Å²) in [4.78, 5) is 1.95. The Morgan fingerprint density at radius 1 is 1.08 bits per heavy atom. The molecule has 0 aromatic heterocycles. The van der Waals surface area contributed by atoms with Gasteiger partial charge in [0.15, 0.2) is 0 Å². The maximum Gasteiger partial charge on any atom is 0.265 e. The molecule has 1 fully saturated rings. The van der Waals surface area contributed by atoms with Gasteiger partial charge in [0, 0.05) is 12.6 Å². The number of piperidine rings is 1. The van der Waals surface area contributed by atoms with Gasteiger partial charge < -0.3 is 0 Å². The maximum atomic E-state index is 11.6. The molecule has 1 aliphatic rings. The quantitative estimate of drug-likeness (QED) is 0.711. The molecule has 0 saturated carbocycles. The van der Waals surface area contributed by atoms with E-state index in [-0.39, 0.29) is 12.6 Å². The Labute approximate surface area is 143 Å². The molecule has 1 aliphatic heterocycles. The van der Waals surface area contributed by atoms with Gasteiger partial charge in [-0.2, -0.15) is 16.8 Å². The van der Waals surface area contributed by atoms with E-state index < -0.39 is 31.9 Å². The van der Waals surface area contributed by atoms with Gasteiger partial charge in [-0.15, -0.1) is 0 Å². The molecule has 1 saturated heterocycles. The number of hydrogen-bond donors (Lipinski definition) is 0. The smallest absolute Gasteiger partial charge is 0.265 e. The van der Waals surface area contributed by atoms with Crippen molar-refractivity contribution in [3.05, 3.63) is 35.9 Å². The average molecular weight is 377 g/mol. The molecule has 1 aromatic carbocycles. The number of rotatable bonds is 5. The van der Waals surface area contributed by atoms with Crippen LogP contribution in [-0.4, -0.2) is 59.5 Å². The van der Waals surface area contributed by atoms with E-state index in [1.165, 1.54) is 0 Å². The van der Waals surface area contributed by atoms with Crippen molar-refractivity contribution in [3.63, 3.8) is 0 Å². The second-order valence-electron chi connectivity index (χ2n) is 6.47. The van der Waals surface area contributed by atoms with E-state index >= 15 is 0 Å². The van der Waals surface area contributed by atoms with Crippen LogP contribution in [0, 0.1) is 0 Å². The van der Waals surface area contributed by atoms with Gasteiger partial charge in [0.2, 0.25) is 0 Å². The Bertz CT molecular complexity index is 777. The van der Waals surface area contributed by atoms with Crippen LogP contribution < -0.4 is 0 Å². The molecular weight excluding hydrogens is 354 g/mol. The van der Waals surface area contributed by atoms with Crippen LogP contribution in [0.3, 0.4) is 0 Å². The summed E-state index contributed by atoms with van der Waals surface area (Å²) < 4.78 is 56.9. The number of hydrogen-bond acceptors (Lipinski definition) is 7. The lowest BCUT2D eigenvalue weighted by molar-refractivity contribution is -0.0879. The van der Waals surface area contributed by atoms with Crippen LogP contribution in [0.1, 0.15) is 24.9 Å². The molecule has 24 heavy (non-hydrogen) atoms. The van der Waals surface area contributed by atoms with Crippen molar-refractivity contribution >= 4 is 20.2 Å². The monoisotopic (exact) mass is 377 g/mol. The van der Waals surface area contributed by atoms with E-state index in [1.54, 1.807) is 6.92 Å². The third-order valence-corrected chi connectivity index (χ3v) is 5.30. The normalized spacial score (nSPS) is 29.5. The van der Waals surface area contributed by atoms with Crippen LogP contribution in [0.5, 0.6) is 0 Å². The van der Waals surface area contributed by atoms with E-state index in [0.717, 1.165) is 18.1 Å². The van der Waals surface area contributed by atoms with Gasteiger partial charge in [-0.3, -0.25) is 13.3 Å². The lowest BCUT2D eigenvalue weighted by Crippen LogP contribution is -2.58. The lowest BCUT2D eigenvalue weighted by atomic mass is 9.85. The summed E-state index contributed by atoms with van der Waals surface area (Å²) in [7, 11) is -5.70. The van der Waals surface area contributed by atoms with E-state index in [0.29, 0.717) is 6.42 Å². The molecule has 2 rings (SSSR count). The summed E-state index contributed by atoms with van der Waals surface area (Å²) in [5.74, 6) is 0. The third kappa shape index (κ3) is 5.00. The predicted octanol–water partition coefficient (Wildman–Crippen LogP) is 1.14. The van der Waals surface area contributed by atoms with Gasteiger partial charge in [-0.1, -0.05) is 30.3 Å². The van der Waals surface area contributed by atoms with E-state index in [4.69, 9.17) is 8.37 Å². The SMILES string of the molecule is CN1CC(C)(OS(C)(=O)=O)C(OS(C)(=O)=O)CC1c1ccccc1. The van der Waals surface area contributed by atoms with Crippen LogP contribution in [0.4, 0.5) is 0 Å². The molecule has 1 heterocycles. The molecular formula is C15H23NO6S2. The summed E-state index contributed by atoms with van der Waals surface area (Å²) in [5.41, 5.74) is -0.292. The van der Waals surface area contributed by atoms with Crippen molar-refractivity contribution in [2.45, 2.75) is 31.1 Å². The molecule has 136 valence electrons. The molecule has 3 atom stereocenters. The Morgan fingerprint density at radius 3 is 2.17 bits per heavy atom. The predicted molar refractivity (Wildman–Crippen MR) is 90.5 cm³/mol. The summed E-state index contributed by atoms with van der Waals surface area (Å²) in [5, 5.41) is 0. The standard InChI is InChI=1S/C15H23NO6S2/c1-15(22-24(4,19)20)11-16(2)13(12-8-6-5-7-9-12)10-14(15)21-23(3,17)18/h5-9,13-14H,10-11H2,1-4H3. The van der Waals surface area contributed by atoms with Crippen LogP contribution in [-0.2, 0) is 28.6 Å². The van der Waals surface area contributed by atoms with Crippen molar-refractivity contribution in [1.82, 2.24) is 4.90 Å². The summed E-state index contributed by atoms with van der Waals surface area (Å²) in [6, 6.07) is 9.48. The first kappa shape index (κ1) is 19.3. The zero-order valence-corrected chi connectivity index (χ0v) is 15.8. The minimum absolute atomic E-state index is 0.103. The van der Waals surface area contributed by atoms with Crippen molar-refractivity contribution in [1.29, 1.82) is 0 Å². The molecule has 7 nitrogen and oxygen atoms in total. The fourth-order valence-corrected chi connectivity index (χ4v) is 4.74. The highest BCUT2D eigenvalue weighted by Gasteiger charge is 2.48. The van der Waals surface area contributed by atoms with E-state index in [9.17, 15) is 16.8 Å².